The molecule has 3 nitrogen and oxygen atoms in total. The normalized spacial score (nSPS) is 11.2. The number of benzene rings is 1. The number of imidazole rings is 1. The highest BCUT2D eigenvalue weighted by Gasteiger charge is 2.09. The number of aromatic nitrogens is 3. The number of fused-ring (bicyclic) bond motifs is 1. The van der Waals surface area contributed by atoms with Crippen LogP contribution in [-0.4, -0.2) is 14.5 Å². The Balaban J connectivity index is 2.19. The van der Waals surface area contributed by atoms with E-state index in [1.807, 2.05) is 16.0 Å². The zero-order chi connectivity index (χ0) is 12.7. The van der Waals surface area contributed by atoms with E-state index in [4.69, 9.17) is 12.2 Å². The van der Waals surface area contributed by atoms with E-state index in [-0.39, 0.29) is 5.82 Å². The molecule has 2 heterocycles. The molecule has 0 fully saturated rings. The van der Waals surface area contributed by atoms with Gasteiger partial charge < -0.3 is 9.55 Å². The lowest BCUT2D eigenvalue weighted by atomic mass is 10.2. The smallest absolute Gasteiger partial charge is 0.178 e. The molecule has 3 rings (SSSR count). The lowest BCUT2D eigenvalue weighted by molar-refractivity contribution is 0.620. The summed E-state index contributed by atoms with van der Waals surface area (Å²) in [6, 6.07) is 3.30. The number of thiazole rings is 1. The number of aryl methyl sites for hydroxylation is 1. The highest BCUT2D eigenvalue weighted by atomic mass is 32.1. The predicted octanol–water partition coefficient (Wildman–Crippen LogP) is 3.65. The first-order valence-electron chi connectivity index (χ1n) is 5.42. The number of hydrogen-bond acceptors (Lipinski definition) is 3. The number of nitrogens with one attached hydrogen (secondary N) is 1. The third-order valence-corrected chi connectivity index (χ3v) is 3.92. The SMILES string of the molecule is Cc1cc2c(cc1F)[nH]c(=S)n2Cc1nccs1. The van der Waals surface area contributed by atoms with E-state index in [0.29, 0.717) is 16.9 Å². The fourth-order valence-corrected chi connectivity index (χ4v) is 2.78. The van der Waals surface area contributed by atoms with Gasteiger partial charge in [0.05, 0.1) is 17.6 Å². The average Bonchev–Trinajstić information content (AvgIpc) is 2.92. The average molecular weight is 279 g/mol. The van der Waals surface area contributed by atoms with E-state index in [0.717, 1.165) is 16.0 Å². The number of halogens is 1. The molecular formula is C12H10FN3S2. The zero-order valence-corrected chi connectivity index (χ0v) is 11.2. The molecule has 0 spiro atoms. The van der Waals surface area contributed by atoms with Crippen molar-refractivity contribution < 1.29 is 4.39 Å². The summed E-state index contributed by atoms with van der Waals surface area (Å²) < 4.78 is 16.0. The number of hydrogen-bond donors (Lipinski definition) is 1. The molecule has 6 heteroatoms. The summed E-state index contributed by atoms with van der Waals surface area (Å²) in [6.45, 7) is 2.36. The summed E-state index contributed by atoms with van der Waals surface area (Å²) in [5.41, 5.74) is 2.25. The van der Waals surface area contributed by atoms with Crippen LogP contribution in [0.5, 0.6) is 0 Å². The highest BCUT2D eigenvalue weighted by molar-refractivity contribution is 7.71. The summed E-state index contributed by atoms with van der Waals surface area (Å²) in [5.74, 6) is -0.222. The van der Waals surface area contributed by atoms with Gasteiger partial charge in [0.15, 0.2) is 4.77 Å². The summed E-state index contributed by atoms with van der Waals surface area (Å²) in [7, 11) is 0. The Hall–Kier alpha value is -1.53. The van der Waals surface area contributed by atoms with Gasteiger partial charge in [0, 0.05) is 11.6 Å². The number of nitrogens with zero attached hydrogens (tertiary/aromatic N) is 2. The van der Waals surface area contributed by atoms with Crippen molar-refractivity contribution in [1.29, 1.82) is 0 Å². The van der Waals surface area contributed by atoms with Crippen LogP contribution in [0, 0.1) is 17.5 Å². The molecule has 0 saturated carbocycles. The Bertz CT molecular complexity index is 756. The van der Waals surface area contributed by atoms with Crippen molar-refractivity contribution in [3.05, 3.63) is 44.9 Å². The van der Waals surface area contributed by atoms with Crippen LogP contribution in [0.1, 0.15) is 10.6 Å². The van der Waals surface area contributed by atoms with E-state index in [9.17, 15) is 4.39 Å². The van der Waals surface area contributed by atoms with Gasteiger partial charge in [0.25, 0.3) is 0 Å². The van der Waals surface area contributed by atoms with Crippen molar-refractivity contribution in [1.82, 2.24) is 14.5 Å². The number of H-pyrrole nitrogens is 1. The Labute approximate surface area is 112 Å². The van der Waals surface area contributed by atoms with Crippen molar-refractivity contribution >= 4 is 34.6 Å². The van der Waals surface area contributed by atoms with Gasteiger partial charge in [0.1, 0.15) is 10.8 Å². The first kappa shape index (κ1) is 11.6. The van der Waals surface area contributed by atoms with Crippen LogP contribution < -0.4 is 0 Å². The maximum absolute atomic E-state index is 13.5. The summed E-state index contributed by atoms with van der Waals surface area (Å²) in [4.78, 5) is 7.26. The largest absolute Gasteiger partial charge is 0.330 e. The van der Waals surface area contributed by atoms with Gasteiger partial charge in [-0.25, -0.2) is 9.37 Å². The fourth-order valence-electron chi connectivity index (χ4n) is 1.91. The van der Waals surface area contributed by atoms with E-state index < -0.39 is 0 Å². The molecule has 0 aliphatic rings. The van der Waals surface area contributed by atoms with Crippen LogP contribution in [0.25, 0.3) is 11.0 Å². The molecule has 92 valence electrons. The van der Waals surface area contributed by atoms with Crippen molar-refractivity contribution in [2.24, 2.45) is 0 Å². The molecule has 0 aliphatic heterocycles. The van der Waals surface area contributed by atoms with Crippen LogP contribution in [0.2, 0.25) is 0 Å². The molecule has 3 aromatic rings. The second-order valence-corrected chi connectivity index (χ2v) is 5.43. The van der Waals surface area contributed by atoms with Gasteiger partial charge in [-0.3, -0.25) is 0 Å². The zero-order valence-electron chi connectivity index (χ0n) is 9.61. The third kappa shape index (κ3) is 1.87. The van der Waals surface area contributed by atoms with Crippen LogP contribution in [0.15, 0.2) is 23.7 Å². The maximum atomic E-state index is 13.5. The molecule has 0 amide bonds. The van der Waals surface area contributed by atoms with Crippen LogP contribution in [-0.2, 0) is 6.54 Å². The molecule has 0 atom stereocenters. The van der Waals surface area contributed by atoms with Gasteiger partial charge in [-0.2, -0.15) is 0 Å². The van der Waals surface area contributed by atoms with Crippen LogP contribution >= 0.6 is 23.6 Å². The lowest BCUT2D eigenvalue weighted by Crippen LogP contribution is -1.99. The summed E-state index contributed by atoms with van der Waals surface area (Å²) in [6.07, 6.45) is 1.77. The minimum atomic E-state index is -0.222. The van der Waals surface area contributed by atoms with E-state index in [1.54, 1.807) is 24.5 Å². The first-order chi connectivity index (χ1) is 8.65. The molecule has 2 aromatic heterocycles. The topological polar surface area (TPSA) is 33.6 Å². The lowest BCUT2D eigenvalue weighted by Gasteiger charge is -2.03. The minimum Gasteiger partial charge on any atom is -0.330 e. The van der Waals surface area contributed by atoms with E-state index >= 15 is 0 Å². The maximum Gasteiger partial charge on any atom is 0.178 e. The van der Waals surface area contributed by atoms with E-state index in [2.05, 4.69) is 9.97 Å². The quantitative estimate of drug-likeness (QED) is 0.726. The summed E-state index contributed by atoms with van der Waals surface area (Å²) >= 11 is 6.85. The number of rotatable bonds is 2. The minimum absolute atomic E-state index is 0.222. The second kappa shape index (κ2) is 4.29. The Morgan fingerprint density at radius 2 is 2.33 bits per heavy atom. The van der Waals surface area contributed by atoms with E-state index in [1.165, 1.54) is 6.07 Å². The number of aromatic amines is 1. The van der Waals surface area contributed by atoms with Gasteiger partial charge in [-0.15, -0.1) is 11.3 Å². The molecule has 1 aromatic carbocycles. The highest BCUT2D eigenvalue weighted by Crippen LogP contribution is 2.20. The molecule has 18 heavy (non-hydrogen) atoms. The molecule has 0 saturated heterocycles. The molecule has 0 unspecified atom stereocenters. The molecular weight excluding hydrogens is 269 g/mol. The Kier molecular flexibility index (Phi) is 2.76. The van der Waals surface area contributed by atoms with Gasteiger partial charge >= 0.3 is 0 Å². The molecule has 1 N–H and O–H groups in total. The van der Waals surface area contributed by atoms with Crippen molar-refractivity contribution in [3.63, 3.8) is 0 Å². The van der Waals surface area contributed by atoms with Crippen molar-refractivity contribution in [3.8, 4) is 0 Å². The fraction of sp³-hybridized carbons (Fsp3) is 0.167. The molecule has 0 aliphatic carbocycles. The monoisotopic (exact) mass is 279 g/mol. The Morgan fingerprint density at radius 3 is 3.06 bits per heavy atom. The van der Waals surface area contributed by atoms with Crippen molar-refractivity contribution in [2.45, 2.75) is 13.5 Å². The van der Waals surface area contributed by atoms with Gasteiger partial charge in [-0.05, 0) is 36.8 Å². The predicted molar refractivity (Wildman–Crippen MR) is 73.0 cm³/mol. The second-order valence-electron chi connectivity index (χ2n) is 4.06. The third-order valence-electron chi connectivity index (χ3n) is 2.83. The van der Waals surface area contributed by atoms with Crippen molar-refractivity contribution in [2.75, 3.05) is 0 Å². The van der Waals surface area contributed by atoms with Gasteiger partial charge in [0.2, 0.25) is 0 Å². The summed E-state index contributed by atoms with van der Waals surface area (Å²) in [5, 5.41) is 2.91. The molecule has 0 radical (unpaired) electrons. The van der Waals surface area contributed by atoms with Crippen LogP contribution in [0.3, 0.4) is 0 Å². The Morgan fingerprint density at radius 1 is 1.50 bits per heavy atom. The van der Waals surface area contributed by atoms with Gasteiger partial charge in [-0.1, -0.05) is 0 Å². The molecule has 0 bridgehead atoms. The first-order valence-corrected chi connectivity index (χ1v) is 6.71. The van der Waals surface area contributed by atoms with Crippen LogP contribution in [0.4, 0.5) is 4.39 Å². The standard InChI is InChI=1S/C12H10FN3S2/c1-7-4-10-9(5-8(7)13)15-12(17)16(10)6-11-14-2-3-18-11/h2-5H,6H2,1H3,(H,15,17).